The van der Waals surface area contributed by atoms with Crippen molar-refractivity contribution < 1.29 is 14.3 Å². The molecule has 0 aromatic heterocycles. The molecule has 178 valence electrons. The first-order valence-corrected chi connectivity index (χ1v) is 12.0. The lowest BCUT2D eigenvalue weighted by molar-refractivity contribution is -0.134. The van der Waals surface area contributed by atoms with E-state index in [0.29, 0.717) is 6.42 Å². The van der Waals surface area contributed by atoms with Gasteiger partial charge in [0.2, 0.25) is 0 Å². The van der Waals surface area contributed by atoms with Gasteiger partial charge in [-0.05, 0) is 74.9 Å². The van der Waals surface area contributed by atoms with E-state index >= 15 is 0 Å². The number of nitrogens with zero attached hydrogens (tertiary/aromatic N) is 2. The van der Waals surface area contributed by atoms with Crippen molar-refractivity contribution in [2.45, 2.75) is 44.7 Å². The Balaban J connectivity index is 1.47. The normalized spacial score (nSPS) is 21.2. The standard InChI is InChI=1S/C28H33N3O3/c1-3-4-18-31-26(32)28(29-27(31)33,17-14-22-8-6-5-7-9-22)24-15-19-30(20-16-24)21-23-10-12-25(34-2)13-11-23/h5-13,24H,14-21H2,1-2H3,(H,29,33). The SMILES string of the molecule is CC#CCN1C(=O)NC(CCc2ccccc2)(C2CCN(Cc3ccc(OC)cc3)CC2)C1=O. The first kappa shape index (κ1) is 23.8. The summed E-state index contributed by atoms with van der Waals surface area (Å²) in [7, 11) is 1.67. The number of imide groups is 1. The fraction of sp³-hybridized carbons (Fsp3) is 0.429. The summed E-state index contributed by atoms with van der Waals surface area (Å²) in [5, 5.41) is 3.13. The molecule has 34 heavy (non-hydrogen) atoms. The Bertz CT molecular complexity index is 1050. The maximum atomic E-state index is 13.6. The van der Waals surface area contributed by atoms with E-state index in [1.54, 1.807) is 14.0 Å². The summed E-state index contributed by atoms with van der Waals surface area (Å²) < 4.78 is 5.26. The van der Waals surface area contributed by atoms with Gasteiger partial charge in [-0.25, -0.2) is 4.79 Å². The minimum atomic E-state index is -0.867. The molecule has 0 aliphatic carbocycles. The predicted octanol–water partition coefficient (Wildman–Crippen LogP) is 3.85. The third kappa shape index (κ3) is 5.10. The molecule has 2 saturated heterocycles. The number of carbonyl (C=O) groups is 2. The van der Waals surface area contributed by atoms with Crippen LogP contribution in [0.15, 0.2) is 54.6 Å². The molecule has 2 aromatic rings. The molecule has 6 nitrogen and oxygen atoms in total. The quantitative estimate of drug-likeness (QED) is 0.481. The minimum absolute atomic E-state index is 0.0966. The van der Waals surface area contributed by atoms with E-state index in [2.05, 4.69) is 46.3 Å². The highest BCUT2D eigenvalue weighted by Gasteiger charge is 2.55. The molecule has 2 heterocycles. The summed E-state index contributed by atoms with van der Waals surface area (Å²) in [6.45, 7) is 4.51. The number of likely N-dealkylation sites (tertiary alicyclic amines) is 1. The number of hydrogen-bond donors (Lipinski definition) is 1. The highest BCUT2D eigenvalue weighted by atomic mass is 16.5. The average Bonchev–Trinajstić information content (AvgIpc) is 3.12. The minimum Gasteiger partial charge on any atom is -0.497 e. The lowest BCUT2D eigenvalue weighted by Crippen LogP contribution is -2.56. The summed E-state index contributed by atoms with van der Waals surface area (Å²) in [6.07, 6.45) is 3.07. The van der Waals surface area contributed by atoms with Gasteiger partial charge in [0.25, 0.3) is 5.91 Å². The van der Waals surface area contributed by atoms with Crippen LogP contribution in [0, 0.1) is 17.8 Å². The van der Waals surface area contributed by atoms with Gasteiger partial charge in [-0.15, -0.1) is 5.92 Å². The van der Waals surface area contributed by atoms with Crippen molar-refractivity contribution in [2.24, 2.45) is 5.92 Å². The number of carbonyl (C=O) groups excluding carboxylic acids is 2. The van der Waals surface area contributed by atoms with E-state index in [9.17, 15) is 9.59 Å². The van der Waals surface area contributed by atoms with Crippen molar-refractivity contribution >= 4 is 11.9 Å². The molecule has 0 radical (unpaired) electrons. The molecule has 1 atom stereocenters. The maximum Gasteiger partial charge on any atom is 0.325 e. The van der Waals surface area contributed by atoms with Crippen LogP contribution in [0.1, 0.15) is 37.3 Å². The number of urea groups is 1. The summed E-state index contributed by atoms with van der Waals surface area (Å²) in [5.74, 6) is 6.52. The largest absolute Gasteiger partial charge is 0.497 e. The molecule has 6 heteroatoms. The Hall–Kier alpha value is -3.30. The fourth-order valence-electron chi connectivity index (χ4n) is 5.16. The molecule has 1 unspecified atom stereocenters. The number of ether oxygens (including phenoxy) is 1. The van der Waals surface area contributed by atoms with Gasteiger partial charge in [0.05, 0.1) is 13.7 Å². The fourth-order valence-corrected chi connectivity index (χ4v) is 5.16. The predicted molar refractivity (Wildman–Crippen MR) is 132 cm³/mol. The zero-order chi connectivity index (χ0) is 24.0. The van der Waals surface area contributed by atoms with Crippen LogP contribution in [0.4, 0.5) is 4.79 Å². The number of aryl methyl sites for hydroxylation is 1. The van der Waals surface area contributed by atoms with Gasteiger partial charge in [0.1, 0.15) is 11.3 Å². The zero-order valence-corrected chi connectivity index (χ0v) is 20.0. The Kier molecular flexibility index (Phi) is 7.54. The molecule has 2 aromatic carbocycles. The number of piperidine rings is 1. The van der Waals surface area contributed by atoms with Crippen LogP contribution in [0.25, 0.3) is 0 Å². The highest BCUT2D eigenvalue weighted by Crippen LogP contribution is 2.37. The number of nitrogens with one attached hydrogen (secondary N) is 1. The van der Waals surface area contributed by atoms with E-state index in [4.69, 9.17) is 4.74 Å². The van der Waals surface area contributed by atoms with E-state index in [1.165, 1.54) is 16.0 Å². The number of hydrogen-bond acceptors (Lipinski definition) is 4. The van der Waals surface area contributed by atoms with Crippen LogP contribution in [0.2, 0.25) is 0 Å². The number of rotatable bonds is 8. The summed E-state index contributed by atoms with van der Waals surface area (Å²) in [4.78, 5) is 30.2. The van der Waals surface area contributed by atoms with Crippen LogP contribution >= 0.6 is 0 Å². The topological polar surface area (TPSA) is 61.9 Å². The van der Waals surface area contributed by atoms with Crippen molar-refractivity contribution in [1.29, 1.82) is 0 Å². The molecular formula is C28H33N3O3. The van der Waals surface area contributed by atoms with Gasteiger partial charge in [-0.3, -0.25) is 14.6 Å². The van der Waals surface area contributed by atoms with Crippen LogP contribution in [-0.4, -0.2) is 54.0 Å². The summed E-state index contributed by atoms with van der Waals surface area (Å²) in [6, 6.07) is 18.0. The highest BCUT2D eigenvalue weighted by molar-refractivity contribution is 6.07. The smallest absolute Gasteiger partial charge is 0.325 e. The lowest BCUT2D eigenvalue weighted by atomic mass is 9.74. The third-order valence-corrected chi connectivity index (χ3v) is 7.12. The Labute approximate surface area is 202 Å². The van der Waals surface area contributed by atoms with Crippen molar-refractivity contribution in [3.05, 3.63) is 65.7 Å². The lowest BCUT2D eigenvalue weighted by Gasteiger charge is -2.41. The third-order valence-electron chi connectivity index (χ3n) is 7.12. The van der Waals surface area contributed by atoms with Crippen LogP contribution in [-0.2, 0) is 17.8 Å². The number of methoxy groups -OCH3 is 1. The van der Waals surface area contributed by atoms with Crippen LogP contribution in [0.5, 0.6) is 5.75 Å². The Morgan fingerprint density at radius 2 is 1.74 bits per heavy atom. The van der Waals surface area contributed by atoms with Crippen LogP contribution in [0.3, 0.4) is 0 Å². The van der Waals surface area contributed by atoms with Gasteiger partial charge in [-0.2, -0.15) is 0 Å². The number of benzene rings is 2. The van der Waals surface area contributed by atoms with Gasteiger partial charge >= 0.3 is 6.03 Å². The molecular weight excluding hydrogens is 426 g/mol. The first-order valence-electron chi connectivity index (χ1n) is 12.0. The molecule has 2 fully saturated rings. The Morgan fingerprint density at radius 1 is 1.03 bits per heavy atom. The first-order chi connectivity index (χ1) is 16.6. The van der Waals surface area contributed by atoms with E-state index in [0.717, 1.165) is 44.6 Å². The second-order valence-corrected chi connectivity index (χ2v) is 9.10. The van der Waals surface area contributed by atoms with Gasteiger partial charge in [0, 0.05) is 6.54 Å². The molecule has 0 spiro atoms. The number of amides is 3. The molecule has 2 aliphatic heterocycles. The van der Waals surface area contributed by atoms with Crippen molar-refractivity contribution in [2.75, 3.05) is 26.7 Å². The van der Waals surface area contributed by atoms with E-state index in [-0.39, 0.29) is 24.4 Å². The summed E-state index contributed by atoms with van der Waals surface area (Å²) >= 11 is 0. The van der Waals surface area contributed by atoms with Crippen molar-refractivity contribution in [3.63, 3.8) is 0 Å². The zero-order valence-electron chi connectivity index (χ0n) is 20.0. The van der Waals surface area contributed by atoms with Gasteiger partial charge in [-0.1, -0.05) is 48.4 Å². The average molecular weight is 460 g/mol. The molecule has 3 amide bonds. The van der Waals surface area contributed by atoms with Crippen molar-refractivity contribution in [1.82, 2.24) is 15.1 Å². The van der Waals surface area contributed by atoms with Gasteiger partial charge in [0.15, 0.2) is 0 Å². The summed E-state index contributed by atoms with van der Waals surface area (Å²) in [5.41, 5.74) is 1.55. The Morgan fingerprint density at radius 3 is 2.38 bits per heavy atom. The second-order valence-electron chi connectivity index (χ2n) is 9.10. The molecule has 4 rings (SSSR count). The second kappa shape index (κ2) is 10.8. The van der Waals surface area contributed by atoms with E-state index < -0.39 is 5.54 Å². The van der Waals surface area contributed by atoms with E-state index in [1.807, 2.05) is 30.3 Å². The molecule has 1 N–H and O–H groups in total. The van der Waals surface area contributed by atoms with Gasteiger partial charge < -0.3 is 10.1 Å². The molecule has 0 saturated carbocycles. The molecule has 0 bridgehead atoms. The van der Waals surface area contributed by atoms with Crippen molar-refractivity contribution in [3.8, 4) is 17.6 Å². The monoisotopic (exact) mass is 459 g/mol. The maximum absolute atomic E-state index is 13.6. The van der Waals surface area contributed by atoms with Crippen LogP contribution < -0.4 is 10.1 Å². The molecule has 2 aliphatic rings.